The lowest BCUT2D eigenvalue weighted by Gasteiger charge is -2.43. The van der Waals surface area contributed by atoms with E-state index < -0.39 is 0 Å². The lowest BCUT2D eigenvalue weighted by Crippen LogP contribution is -2.47. The number of hydrogen-bond acceptors (Lipinski definition) is 2. The number of benzene rings is 1. The molecule has 1 aliphatic carbocycles. The molecule has 1 N–H and O–H groups in total. The molecule has 3 heteroatoms. The zero-order valence-electron chi connectivity index (χ0n) is 10.2. The van der Waals surface area contributed by atoms with Gasteiger partial charge in [0.1, 0.15) is 0 Å². The van der Waals surface area contributed by atoms with E-state index in [-0.39, 0.29) is 5.54 Å². The summed E-state index contributed by atoms with van der Waals surface area (Å²) in [5.41, 5.74) is 1.55. The van der Waals surface area contributed by atoms with Crippen molar-refractivity contribution in [2.45, 2.75) is 31.3 Å². The van der Waals surface area contributed by atoms with Crippen LogP contribution in [0.15, 0.2) is 41.8 Å². The van der Waals surface area contributed by atoms with Crippen LogP contribution in [0.1, 0.15) is 29.7 Å². The summed E-state index contributed by atoms with van der Waals surface area (Å²) in [6.45, 7) is 0.959. The molecule has 1 aromatic heterocycles. The van der Waals surface area contributed by atoms with E-state index in [4.69, 9.17) is 11.6 Å². The van der Waals surface area contributed by atoms with E-state index in [1.54, 1.807) is 0 Å². The molecule has 1 aliphatic rings. The summed E-state index contributed by atoms with van der Waals surface area (Å²) in [5, 5.41) is 6.68. The van der Waals surface area contributed by atoms with Crippen molar-refractivity contribution in [3.8, 4) is 0 Å². The van der Waals surface area contributed by atoms with Gasteiger partial charge in [0, 0.05) is 22.0 Å². The van der Waals surface area contributed by atoms with Crippen LogP contribution in [-0.4, -0.2) is 0 Å². The maximum absolute atomic E-state index is 5.96. The smallest absolute Gasteiger partial charge is 0.0437 e. The van der Waals surface area contributed by atoms with Gasteiger partial charge in [0.05, 0.1) is 0 Å². The fourth-order valence-electron chi connectivity index (χ4n) is 2.54. The van der Waals surface area contributed by atoms with Gasteiger partial charge >= 0.3 is 0 Å². The highest BCUT2D eigenvalue weighted by Crippen LogP contribution is 2.41. The van der Waals surface area contributed by atoms with Crippen molar-refractivity contribution in [3.63, 3.8) is 0 Å². The molecule has 0 saturated heterocycles. The summed E-state index contributed by atoms with van der Waals surface area (Å²) in [4.78, 5) is 1.40. The lowest BCUT2D eigenvalue weighted by molar-refractivity contribution is 0.184. The standard InChI is InChI=1S/C15H16ClNS/c16-13-6-4-12(5-7-13)15(8-2-9-15)17-11-14-3-1-10-18-14/h1,3-7,10,17H,2,8-9,11H2. The Morgan fingerprint density at radius 3 is 2.50 bits per heavy atom. The third kappa shape index (κ3) is 2.33. The third-order valence-electron chi connectivity index (χ3n) is 3.79. The average molecular weight is 278 g/mol. The van der Waals surface area contributed by atoms with Gasteiger partial charge in [0.25, 0.3) is 0 Å². The van der Waals surface area contributed by atoms with Crippen molar-refractivity contribution in [2.24, 2.45) is 0 Å². The Kier molecular flexibility index (Phi) is 3.42. The normalized spacial score (nSPS) is 17.4. The quantitative estimate of drug-likeness (QED) is 0.863. The Labute approximate surface area is 117 Å². The monoisotopic (exact) mass is 277 g/mol. The molecule has 1 nitrogen and oxygen atoms in total. The van der Waals surface area contributed by atoms with E-state index in [1.807, 2.05) is 23.5 Å². The summed E-state index contributed by atoms with van der Waals surface area (Å²) in [7, 11) is 0. The maximum Gasteiger partial charge on any atom is 0.0437 e. The van der Waals surface area contributed by atoms with Gasteiger partial charge in [0.15, 0.2) is 0 Å². The average Bonchev–Trinajstić information content (AvgIpc) is 2.83. The van der Waals surface area contributed by atoms with Crippen LogP contribution >= 0.6 is 22.9 Å². The minimum absolute atomic E-state index is 0.175. The topological polar surface area (TPSA) is 12.0 Å². The van der Waals surface area contributed by atoms with Crippen molar-refractivity contribution in [2.75, 3.05) is 0 Å². The fraction of sp³-hybridized carbons (Fsp3) is 0.333. The third-order valence-corrected chi connectivity index (χ3v) is 4.91. The molecule has 2 aromatic rings. The SMILES string of the molecule is Clc1ccc(C2(NCc3cccs3)CCC2)cc1. The van der Waals surface area contributed by atoms with Gasteiger partial charge in [-0.05, 0) is 48.4 Å². The zero-order valence-corrected chi connectivity index (χ0v) is 11.7. The van der Waals surface area contributed by atoms with Crippen molar-refractivity contribution in [3.05, 3.63) is 57.2 Å². The maximum atomic E-state index is 5.96. The zero-order chi connectivity index (χ0) is 12.4. The summed E-state index contributed by atoms with van der Waals surface area (Å²) in [5.74, 6) is 0. The second-order valence-electron chi connectivity index (χ2n) is 4.88. The van der Waals surface area contributed by atoms with Crippen LogP contribution in [0.2, 0.25) is 5.02 Å². The van der Waals surface area contributed by atoms with E-state index in [2.05, 4.69) is 35.0 Å². The number of nitrogens with one attached hydrogen (secondary N) is 1. The minimum Gasteiger partial charge on any atom is -0.302 e. The van der Waals surface area contributed by atoms with Crippen LogP contribution in [-0.2, 0) is 12.1 Å². The van der Waals surface area contributed by atoms with Crippen molar-refractivity contribution < 1.29 is 0 Å². The van der Waals surface area contributed by atoms with Crippen LogP contribution in [0.4, 0.5) is 0 Å². The highest BCUT2D eigenvalue weighted by Gasteiger charge is 2.37. The number of hydrogen-bond donors (Lipinski definition) is 1. The van der Waals surface area contributed by atoms with Gasteiger partial charge in [-0.1, -0.05) is 29.8 Å². The molecule has 1 aromatic carbocycles. The van der Waals surface area contributed by atoms with Gasteiger partial charge in [-0.25, -0.2) is 0 Å². The Bertz CT molecular complexity index is 500. The van der Waals surface area contributed by atoms with Gasteiger partial charge in [-0.2, -0.15) is 0 Å². The van der Waals surface area contributed by atoms with E-state index in [0.717, 1.165) is 11.6 Å². The van der Waals surface area contributed by atoms with Gasteiger partial charge < -0.3 is 5.32 Å². The first-order valence-electron chi connectivity index (χ1n) is 6.32. The second kappa shape index (κ2) is 5.04. The predicted octanol–water partition coefficient (Wildman–Crippen LogP) is 4.57. The predicted molar refractivity (Wildman–Crippen MR) is 78.1 cm³/mol. The molecule has 0 bridgehead atoms. The molecular formula is C15H16ClNS. The van der Waals surface area contributed by atoms with Crippen LogP contribution in [0.25, 0.3) is 0 Å². The molecule has 0 radical (unpaired) electrons. The molecule has 3 rings (SSSR count). The van der Waals surface area contributed by atoms with Crippen molar-refractivity contribution >= 4 is 22.9 Å². The molecule has 0 aliphatic heterocycles. The Balaban J connectivity index is 1.75. The molecule has 0 spiro atoms. The Morgan fingerprint density at radius 2 is 1.94 bits per heavy atom. The van der Waals surface area contributed by atoms with Crippen LogP contribution in [0.3, 0.4) is 0 Å². The summed E-state index contributed by atoms with van der Waals surface area (Å²) >= 11 is 7.77. The number of rotatable bonds is 4. The van der Waals surface area contributed by atoms with Crippen LogP contribution in [0, 0.1) is 0 Å². The van der Waals surface area contributed by atoms with Crippen LogP contribution in [0.5, 0.6) is 0 Å². The van der Waals surface area contributed by atoms with E-state index in [0.29, 0.717) is 0 Å². The first kappa shape index (κ1) is 12.2. The first-order chi connectivity index (χ1) is 8.78. The molecular weight excluding hydrogens is 262 g/mol. The molecule has 1 heterocycles. The van der Waals surface area contributed by atoms with Gasteiger partial charge in [-0.3, -0.25) is 0 Å². The molecule has 18 heavy (non-hydrogen) atoms. The second-order valence-corrected chi connectivity index (χ2v) is 6.34. The molecule has 1 saturated carbocycles. The molecule has 1 fully saturated rings. The van der Waals surface area contributed by atoms with Gasteiger partial charge in [-0.15, -0.1) is 11.3 Å². The molecule has 0 unspecified atom stereocenters. The summed E-state index contributed by atoms with van der Waals surface area (Å²) < 4.78 is 0. The number of halogens is 1. The molecule has 94 valence electrons. The van der Waals surface area contributed by atoms with Crippen molar-refractivity contribution in [1.29, 1.82) is 0 Å². The van der Waals surface area contributed by atoms with E-state index in [9.17, 15) is 0 Å². The summed E-state index contributed by atoms with van der Waals surface area (Å²) in [6, 6.07) is 12.6. The van der Waals surface area contributed by atoms with Crippen molar-refractivity contribution in [1.82, 2.24) is 5.32 Å². The minimum atomic E-state index is 0.175. The fourth-order valence-corrected chi connectivity index (χ4v) is 3.31. The Hall–Kier alpha value is -0.830. The first-order valence-corrected chi connectivity index (χ1v) is 7.58. The lowest BCUT2D eigenvalue weighted by atomic mass is 9.72. The largest absolute Gasteiger partial charge is 0.302 e. The molecule has 0 atom stereocenters. The number of thiophene rings is 1. The highest BCUT2D eigenvalue weighted by molar-refractivity contribution is 7.09. The van der Waals surface area contributed by atoms with E-state index >= 15 is 0 Å². The molecule has 0 amide bonds. The highest BCUT2D eigenvalue weighted by atomic mass is 35.5. The Morgan fingerprint density at radius 1 is 1.17 bits per heavy atom. The van der Waals surface area contributed by atoms with Gasteiger partial charge in [0.2, 0.25) is 0 Å². The summed E-state index contributed by atoms with van der Waals surface area (Å²) in [6.07, 6.45) is 3.75. The van der Waals surface area contributed by atoms with E-state index in [1.165, 1.54) is 29.7 Å². The van der Waals surface area contributed by atoms with Crippen LogP contribution < -0.4 is 5.32 Å².